The molecule has 2 aliphatic rings. The van der Waals surface area contributed by atoms with Crippen LogP contribution in [-0.2, 0) is 19.1 Å². The Morgan fingerprint density at radius 2 is 1.72 bits per heavy atom. The topological polar surface area (TPSA) is 110 Å². The molecule has 36 heavy (non-hydrogen) atoms. The molecule has 3 rings (SSSR count). The molecule has 0 radical (unpaired) electrons. The maximum Gasteiger partial charge on any atom is 0.338 e. The van der Waals surface area contributed by atoms with E-state index in [1.165, 1.54) is 6.92 Å². The standard InChI is InChI=1S/C29H38O7/c1-17-12-13-28(5,6)24(32)15-23(31)18(2)14-22-25(35-27(34)21-10-8-7-9-11-21)19(3)16-29(22,26(17)33)36-20(4)30/h7-14,17,19,22-23,25-26,31,33H,15-16H2,1-6H3/t17-,19-,22+,23-,25+,26+,29-/m1/s1. The van der Waals surface area contributed by atoms with Crippen molar-refractivity contribution >= 4 is 17.7 Å². The fraction of sp³-hybridized carbons (Fsp3) is 0.552. The van der Waals surface area contributed by atoms with Gasteiger partial charge in [0.1, 0.15) is 23.6 Å². The molecule has 0 unspecified atom stereocenters. The second kappa shape index (κ2) is 10.7. The van der Waals surface area contributed by atoms with E-state index in [1.807, 2.05) is 6.92 Å². The second-order valence-electron chi connectivity index (χ2n) is 10.9. The van der Waals surface area contributed by atoms with Crippen LogP contribution in [0.1, 0.15) is 64.7 Å². The molecule has 0 amide bonds. The van der Waals surface area contributed by atoms with Crippen molar-refractivity contribution in [3.63, 3.8) is 0 Å². The van der Waals surface area contributed by atoms with Gasteiger partial charge in [0.25, 0.3) is 0 Å². The Morgan fingerprint density at radius 3 is 2.33 bits per heavy atom. The number of aliphatic hydroxyl groups is 2. The van der Waals surface area contributed by atoms with Gasteiger partial charge in [-0.15, -0.1) is 0 Å². The molecule has 196 valence electrons. The van der Waals surface area contributed by atoms with Crippen LogP contribution in [0.3, 0.4) is 0 Å². The molecule has 1 aromatic carbocycles. The highest BCUT2D eigenvalue weighted by Gasteiger charge is 2.60. The zero-order valence-electron chi connectivity index (χ0n) is 21.9. The maximum absolute atomic E-state index is 13.0. The number of hydrogen-bond donors (Lipinski definition) is 2. The average Bonchev–Trinajstić information content (AvgIpc) is 3.07. The monoisotopic (exact) mass is 498 g/mol. The Kier molecular flexibility index (Phi) is 8.26. The van der Waals surface area contributed by atoms with Gasteiger partial charge in [0.15, 0.2) is 0 Å². The Balaban J connectivity index is 2.14. The lowest BCUT2D eigenvalue weighted by atomic mass is 9.75. The van der Waals surface area contributed by atoms with Gasteiger partial charge in [-0.3, -0.25) is 9.59 Å². The predicted octanol–water partition coefficient (Wildman–Crippen LogP) is 4.03. The minimum atomic E-state index is -1.40. The number of ether oxygens (including phenoxy) is 2. The molecular weight excluding hydrogens is 460 g/mol. The summed E-state index contributed by atoms with van der Waals surface area (Å²) in [6.45, 7) is 10.2. The molecule has 1 saturated carbocycles. The third kappa shape index (κ3) is 5.62. The highest BCUT2D eigenvalue weighted by molar-refractivity contribution is 5.89. The van der Waals surface area contributed by atoms with E-state index in [-0.39, 0.29) is 24.5 Å². The summed E-state index contributed by atoms with van der Waals surface area (Å²) in [5.74, 6) is -2.72. The number of fused-ring (bicyclic) bond motifs is 1. The van der Waals surface area contributed by atoms with E-state index in [9.17, 15) is 24.6 Å². The van der Waals surface area contributed by atoms with Crippen LogP contribution in [0.15, 0.2) is 54.1 Å². The summed E-state index contributed by atoms with van der Waals surface area (Å²) < 4.78 is 11.9. The number of carbonyl (C=O) groups is 3. The van der Waals surface area contributed by atoms with Gasteiger partial charge in [-0.25, -0.2) is 4.79 Å². The van der Waals surface area contributed by atoms with Crippen LogP contribution >= 0.6 is 0 Å². The van der Waals surface area contributed by atoms with Crippen molar-refractivity contribution in [3.05, 3.63) is 59.7 Å². The van der Waals surface area contributed by atoms with Gasteiger partial charge in [-0.2, -0.15) is 0 Å². The Labute approximate surface area is 213 Å². The number of allylic oxidation sites excluding steroid dienone is 1. The summed E-state index contributed by atoms with van der Waals surface area (Å²) >= 11 is 0. The van der Waals surface area contributed by atoms with Gasteiger partial charge in [0, 0.05) is 24.7 Å². The second-order valence-corrected chi connectivity index (χ2v) is 10.9. The summed E-state index contributed by atoms with van der Waals surface area (Å²) in [7, 11) is 0. The summed E-state index contributed by atoms with van der Waals surface area (Å²) in [5.41, 5.74) is -1.38. The number of rotatable bonds is 3. The van der Waals surface area contributed by atoms with Crippen LogP contribution in [0.4, 0.5) is 0 Å². The number of aliphatic hydroxyl groups excluding tert-OH is 2. The number of ketones is 1. The first-order valence-corrected chi connectivity index (χ1v) is 12.5. The van der Waals surface area contributed by atoms with Gasteiger partial charge >= 0.3 is 11.9 Å². The van der Waals surface area contributed by atoms with Crippen LogP contribution < -0.4 is 0 Å². The number of Topliss-reactive ketones (excluding diaryl/α,β-unsaturated/α-hetero) is 1. The molecule has 1 fully saturated rings. The van der Waals surface area contributed by atoms with E-state index in [4.69, 9.17) is 9.47 Å². The van der Waals surface area contributed by atoms with Crippen molar-refractivity contribution in [2.75, 3.05) is 0 Å². The molecular formula is C29H38O7. The highest BCUT2D eigenvalue weighted by Crippen LogP contribution is 2.50. The van der Waals surface area contributed by atoms with E-state index in [2.05, 4.69) is 0 Å². The lowest BCUT2D eigenvalue weighted by molar-refractivity contribution is -0.181. The quantitative estimate of drug-likeness (QED) is 0.478. The van der Waals surface area contributed by atoms with Crippen LogP contribution in [0.5, 0.6) is 0 Å². The minimum absolute atomic E-state index is 0.0894. The van der Waals surface area contributed by atoms with Crippen LogP contribution in [0.2, 0.25) is 0 Å². The maximum atomic E-state index is 13.0. The SMILES string of the molecule is CC(=O)O[C@]12C[C@@H](C)[C@H](OC(=O)c3ccccc3)[C@@H]1C=C(C)[C@H](O)CC(=O)C(C)(C)C=C[C@@H](C)[C@@H]2O. The summed E-state index contributed by atoms with van der Waals surface area (Å²) in [4.78, 5) is 38.3. The van der Waals surface area contributed by atoms with Gasteiger partial charge < -0.3 is 19.7 Å². The van der Waals surface area contributed by atoms with Crippen molar-refractivity contribution in [1.82, 2.24) is 0 Å². The fourth-order valence-corrected chi connectivity index (χ4v) is 5.36. The summed E-state index contributed by atoms with van der Waals surface area (Å²) in [6, 6.07) is 8.59. The van der Waals surface area contributed by atoms with E-state index >= 15 is 0 Å². The average molecular weight is 499 g/mol. The van der Waals surface area contributed by atoms with Gasteiger partial charge in [-0.1, -0.05) is 50.3 Å². The molecule has 1 aromatic rings. The van der Waals surface area contributed by atoms with Crippen molar-refractivity contribution in [3.8, 4) is 0 Å². The van der Waals surface area contributed by atoms with Gasteiger partial charge in [0.05, 0.1) is 17.6 Å². The minimum Gasteiger partial charge on any atom is -0.458 e. The molecule has 0 saturated heterocycles. The third-order valence-corrected chi connectivity index (χ3v) is 7.59. The lowest BCUT2D eigenvalue weighted by Gasteiger charge is -2.41. The number of hydrogen-bond acceptors (Lipinski definition) is 7. The van der Waals surface area contributed by atoms with Crippen LogP contribution in [0, 0.1) is 23.2 Å². The van der Waals surface area contributed by atoms with E-state index < -0.39 is 53.1 Å². The molecule has 0 aliphatic heterocycles. The first kappa shape index (κ1) is 27.8. The Morgan fingerprint density at radius 1 is 1.08 bits per heavy atom. The number of carbonyl (C=O) groups excluding carboxylic acids is 3. The molecule has 2 N–H and O–H groups in total. The molecule has 0 aromatic heterocycles. The van der Waals surface area contributed by atoms with Crippen molar-refractivity contribution in [2.45, 2.75) is 78.3 Å². The van der Waals surface area contributed by atoms with E-state index in [0.29, 0.717) is 11.1 Å². The third-order valence-electron chi connectivity index (χ3n) is 7.59. The van der Waals surface area contributed by atoms with Crippen molar-refractivity contribution in [1.29, 1.82) is 0 Å². The van der Waals surface area contributed by atoms with Crippen LogP contribution in [-0.4, -0.2) is 51.8 Å². The largest absolute Gasteiger partial charge is 0.458 e. The summed E-state index contributed by atoms with van der Waals surface area (Å²) in [5, 5.41) is 22.5. The van der Waals surface area contributed by atoms with Crippen molar-refractivity contribution in [2.24, 2.45) is 23.2 Å². The number of esters is 2. The molecule has 0 spiro atoms. The van der Waals surface area contributed by atoms with E-state index in [0.717, 1.165) is 0 Å². The first-order chi connectivity index (χ1) is 16.8. The Hall–Kier alpha value is -2.77. The molecule has 7 atom stereocenters. The van der Waals surface area contributed by atoms with E-state index in [1.54, 1.807) is 76.3 Å². The Bertz CT molecular complexity index is 1040. The molecule has 0 heterocycles. The van der Waals surface area contributed by atoms with Gasteiger partial charge in [-0.05, 0) is 50.8 Å². The fourth-order valence-electron chi connectivity index (χ4n) is 5.36. The zero-order valence-corrected chi connectivity index (χ0v) is 21.9. The molecule has 7 heteroatoms. The van der Waals surface area contributed by atoms with Gasteiger partial charge in [0.2, 0.25) is 0 Å². The molecule has 2 aliphatic carbocycles. The zero-order chi connectivity index (χ0) is 26.8. The highest BCUT2D eigenvalue weighted by atomic mass is 16.6. The molecule has 7 nitrogen and oxygen atoms in total. The predicted molar refractivity (Wildman–Crippen MR) is 135 cm³/mol. The first-order valence-electron chi connectivity index (χ1n) is 12.5. The number of benzene rings is 1. The summed E-state index contributed by atoms with van der Waals surface area (Å²) in [6.07, 6.45) is 2.40. The van der Waals surface area contributed by atoms with Crippen LogP contribution in [0.25, 0.3) is 0 Å². The lowest BCUT2D eigenvalue weighted by Crippen LogP contribution is -2.53. The van der Waals surface area contributed by atoms with Crippen molar-refractivity contribution < 1.29 is 34.1 Å². The molecule has 0 bridgehead atoms. The smallest absolute Gasteiger partial charge is 0.338 e. The normalized spacial score (nSPS) is 34.6.